The smallest absolute Gasteiger partial charge is 0.140 e. The lowest BCUT2D eigenvalue weighted by Gasteiger charge is -2.25. The Hall–Kier alpha value is -1.45. The van der Waals surface area contributed by atoms with Crippen molar-refractivity contribution in [3.63, 3.8) is 0 Å². The summed E-state index contributed by atoms with van der Waals surface area (Å²) in [5, 5.41) is 17.8. The molecule has 0 amide bonds. The predicted molar refractivity (Wildman–Crippen MR) is 59.2 cm³/mol. The maximum absolute atomic E-state index is 8.92. The Labute approximate surface area is 93.5 Å². The Kier molecular flexibility index (Phi) is 2.94. The third kappa shape index (κ3) is 1.84. The van der Waals surface area contributed by atoms with Crippen LogP contribution in [0.1, 0.15) is 17.9 Å². The maximum atomic E-state index is 8.92. The van der Waals surface area contributed by atoms with Crippen LogP contribution in [-0.4, -0.2) is 5.75 Å². The second-order valence-corrected chi connectivity index (χ2v) is 4.65. The number of hydrogen-bond acceptors (Lipinski definition) is 3. The van der Waals surface area contributed by atoms with Crippen LogP contribution in [-0.2, 0) is 0 Å². The van der Waals surface area contributed by atoms with Crippen molar-refractivity contribution in [3.8, 4) is 12.1 Å². The minimum absolute atomic E-state index is 0.0949. The molecule has 1 aromatic rings. The largest absolute Gasteiger partial charge is 0.197 e. The van der Waals surface area contributed by atoms with Gasteiger partial charge in [0.15, 0.2) is 0 Å². The molecular weight excluding hydrogens is 204 g/mol. The maximum Gasteiger partial charge on any atom is 0.140 e. The minimum atomic E-state index is -0.507. The third-order valence-corrected chi connectivity index (χ3v) is 3.81. The van der Waals surface area contributed by atoms with Crippen LogP contribution < -0.4 is 0 Å². The Balaban J connectivity index is 2.39. The molecule has 1 atom stereocenters. The Morgan fingerprint density at radius 1 is 1.27 bits per heavy atom. The van der Waals surface area contributed by atoms with Gasteiger partial charge in [0.1, 0.15) is 5.92 Å². The van der Waals surface area contributed by atoms with Crippen LogP contribution in [0, 0.1) is 28.6 Å². The lowest BCUT2D eigenvalue weighted by molar-refractivity contribution is 0.580. The number of thioether (sulfide) groups is 1. The van der Waals surface area contributed by atoms with E-state index in [1.54, 1.807) is 0 Å². The molecule has 0 fully saturated rings. The van der Waals surface area contributed by atoms with Gasteiger partial charge >= 0.3 is 0 Å². The number of benzene rings is 1. The van der Waals surface area contributed by atoms with E-state index in [4.69, 9.17) is 10.5 Å². The van der Waals surface area contributed by atoms with Gasteiger partial charge in [0.05, 0.1) is 12.1 Å². The molecule has 1 aromatic carbocycles. The molecule has 15 heavy (non-hydrogen) atoms. The highest BCUT2D eigenvalue weighted by Gasteiger charge is 2.27. The van der Waals surface area contributed by atoms with Gasteiger partial charge in [0.25, 0.3) is 0 Å². The number of nitrogens with zero attached hydrogens (tertiary/aromatic N) is 2. The predicted octanol–water partition coefficient (Wildman–Crippen LogP) is 2.93. The van der Waals surface area contributed by atoms with Crippen molar-refractivity contribution < 1.29 is 0 Å². The van der Waals surface area contributed by atoms with Crippen molar-refractivity contribution in [1.82, 2.24) is 0 Å². The molecule has 1 aliphatic rings. The zero-order valence-electron chi connectivity index (χ0n) is 8.18. The van der Waals surface area contributed by atoms with E-state index >= 15 is 0 Å². The highest BCUT2D eigenvalue weighted by Crippen LogP contribution is 2.40. The molecule has 2 rings (SSSR count). The van der Waals surface area contributed by atoms with E-state index in [0.29, 0.717) is 0 Å². The first-order valence-corrected chi connectivity index (χ1v) is 5.86. The SMILES string of the molecule is N#CC(C#N)C1CCSc2ccccc21. The fourth-order valence-electron chi connectivity index (χ4n) is 1.92. The monoisotopic (exact) mass is 214 g/mol. The van der Waals surface area contributed by atoms with E-state index in [1.807, 2.05) is 30.0 Å². The van der Waals surface area contributed by atoms with Gasteiger partial charge in [0.2, 0.25) is 0 Å². The van der Waals surface area contributed by atoms with Gasteiger partial charge in [-0.25, -0.2) is 0 Å². The summed E-state index contributed by atoms with van der Waals surface area (Å²) in [4.78, 5) is 1.23. The molecule has 1 heterocycles. The van der Waals surface area contributed by atoms with Crippen LogP contribution in [0.2, 0.25) is 0 Å². The summed E-state index contributed by atoms with van der Waals surface area (Å²) in [6, 6.07) is 12.3. The van der Waals surface area contributed by atoms with Crippen LogP contribution >= 0.6 is 11.8 Å². The number of hydrogen-bond donors (Lipinski definition) is 0. The molecule has 0 saturated carbocycles. The summed E-state index contributed by atoms with van der Waals surface area (Å²) < 4.78 is 0. The second-order valence-electron chi connectivity index (χ2n) is 3.52. The molecule has 2 nitrogen and oxygen atoms in total. The summed E-state index contributed by atoms with van der Waals surface area (Å²) in [7, 11) is 0. The van der Waals surface area contributed by atoms with Crippen molar-refractivity contribution in [1.29, 1.82) is 10.5 Å². The van der Waals surface area contributed by atoms with E-state index in [-0.39, 0.29) is 5.92 Å². The minimum Gasteiger partial charge on any atom is -0.197 e. The molecule has 0 radical (unpaired) electrons. The van der Waals surface area contributed by atoms with E-state index in [1.165, 1.54) is 10.5 Å². The molecule has 3 heteroatoms. The van der Waals surface area contributed by atoms with Crippen molar-refractivity contribution in [2.24, 2.45) is 5.92 Å². The number of nitriles is 2. The van der Waals surface area contributed by atoms with Gasteiger partial charge in [-0.15, -0.1) is 11.8 Å². The number of rotatable bonds is 1. The van der Waals surface area contributed by atoms with Crippen molar-refractivity contribution >= 4 is 11.8 Å². The van der Waals surface area contributed by atoms with E-state index in [0.717, 1.165) is 12.2 Å². The normalized spacial score (nSPS) is 19.0. The average molecular weight is 214 g/mol. The molecular formula is C12H10N2S. The molecule has 0 N–H and O–H groups in total. The van der Waals surface area contributed by atoms with Gasteiger partial charge in [-0.2, -0.15) is 10.5 Å². The Morgan fingerprint density at radius 3 is 2.73 bits per heavy atom. The molecule has 1 aliphatic heterocycles. The van der Waals surface area contributed by atoms with E-state index in [9.17, 15) is 0 Å². The van der Waals surface area contributed by atoms with E-state index in [2.05, 4.69) is 18.2 Å². The van der Waals surface area contributed by atoms with Gasteiger partial charge in [0, 0.05) is 10.8 Å². The second kappa shape index (κ2) is 4.38. The zero-order valence-corrected chi connectivity index (χ0v) is 9.00. The van der Waals surface area contributed by atoms with Crippen LogP contribution in [0.3, 0.4) is 0 Å². The lowest BCUT2D eigenvalue weighted by atomic mass is 9.85. The van der Waals surface area contributed by atoms with Crippen LogP contribution in [0.5, 0.6) is 0 Å². The Morgan fingerprint density at radius 2 is 2.00 bits per heavy atom. The fourth-order valence-corrected chi connectivity index (χ4v) is 3.08. The first kappa shape index (κ1) is 10.1. The molecule has 0 spiro atoms. The van der Waals surface area contributed by atoms with Crippen LogP contribution in [0.4, 0.5) is 0 Å². The topological polar surface area (TPSA) is 47.6 Å². The number of fused-ring (bicyclic) bond motifs is 1. The van der Waals surface area contributed by atoms with Gasteiger partial charge in [-0.3, -0.25) is 0 Å². The van der Waals surface area contributed by atoms with Crippen molar-refractivity contribution in [2.45, 2.75) is 17.2 Å². The molecule has 1 unspecified atom stereocenters. The third-order valence-electron chi connectivity index (χ3n) is 2.69. The molecule has 0 saturated heterocycles. The quantitative estimate of drug-likeness (QED) is 0.722. The highest BCUT2D eigenvalue weighted by molar-refractivity contribution is 7.99. The molecule has 0 bridgehead atoms. The van der Waals surface area contributed by atoms with Crippen molar-refractivity contribution in [2.75, 3.05) is 5.75 Å². The lowest BCUT2D eigenvalue weighted by Crippen LogP contribution is -2.15. The summed E-state index contributed by atoms with van der Waals surface area (Å²) in [5.74, 6) is 0.589. The average Bonchev–Trinajstić information content (AvgIpc) is 2.31. The van der Waals surface area contributed by atoms with Crippen LogP contribution in [0.25, 0.3) is 0 Å². The Bertz CT molecular complexity index is 428. The summed E-state index contributed by atoms with van der Waals surface area (Å²) in [6.45, 7) is 0. The standard InChI is InChI=1S/C12H10N2S/c13-7-9(8-14)10-5-6-15-12-4-2-1-3-11(10)12/h1-4,9-10H,5-6H2. The van der Waals surface area contributed by atoms with Gasteiger partial charge in [-0.1, -0.05) is 18.2 Å². The summed E-state index contributed by atoms with van der Waals surface area (Å²) in [6.07, 6.45) is 0.924. The van der Waals surface area contributed by atoms with Gasteiger partial charge in [-0.05, 0) is 23.8 Å². The molecule has 0 aliphatic carbocycles. The first-order valence-electron chi connectivity index (χ1n) is 4.87. The zero-order chi connectivity index (χ0) is 10.7. The first-order chi connectivity index (χ1) is 7.36. The van der Waals surface area contributed by atoms with Crippen LogP contribution in [0.15, 0.2) is 29.2 Å². The highest BCUT2D eigenvalue weighted by atomic mass is 32.2. The summed E-state index contributed by atoms with van der Waals surface area (Å²) >= 11 is 1.81. The van der Waals surface area contributed by atoms with Gasteiger partial charge < -0.3 is 0 Å². The van der Waals surface area contributed by atoms with E-state index < -0.39 is 5.92 Å². The summed E-state index contributed by atoms with van der Waals surface area (Å²) in [5.41, 5.74) is 1.17. The van der Waals surface area contributed by atoms with Crippen molar-refractivity contribution in [3.05, 3.63) is 29.8 Å². The molecule has 0 aromatic heterocycles. The molecule has 74 valence electrons. The fraction of sp³-hybridized carbons (Fsp3) is 0.333.